The third kappa shape index (κ3) is 3.59. The molecule has 1 saturated heterocycles. The van der Waals surface area contributed by atoms with Gasteiger partial charge >= 0.3 is 0 Å². The van der Waals surface area contributed by atoms with Gasteiger partial charge in [-0.1, -0.05) is 0 Å². The predicted molar refractivity (Wildman–Crippen MR) is 91.1 cm³/mol. The lowest BCUT2D eigenvalue weighted by molar-refractivity contribution is 0.0754. The van der Waals surface area contributed by atoms with Crippen molar-refractivity contribution in [1.29, 1.82) is 0 Å². The molecule has 0 unspecified atom stereocenters. The molecule has 0 spiro atoms. The fraction of sp³-hybridized carbons (Fsp3) is 0.353. The van der Waals surface area contributed by atoms with Crippen LogP contribution in [0.4, 0.5) is 4.39 Å². The number of hydrogen-bond donors (Lipinski definition) is 0. The van der Waals surface area contributed by atoms with Crippen LogP contribution < -0.4 is 0 Å². The number of nitrogens with zero attached hydrogens (tertiary/aromatic N) is 3. The van der Waals surface area contributed by atoms with Crippen molar-refractivity contribution in [3.05, 3.63) is 54.1 Å². The lowest BCUT2D eigenvalue weighted by Gasteiger charge is -2.22. The molecule has 8 heteroatoms. The largest absolute Gasteiger partial charge is 0.347 e. The zero-order chi connectivity index (χ0) is 18.0. The summed E-state index contributed by atoms with van der Waals surface area (Å²) in [4.78, 5) is 14.3. The van der Waals surface area contributed by atoms with E-state index < -0.39 is 15.8 Å². The Morgan fingerprint density at radius 2 is 1.76 bits per heavy atom. The second-order valence-corrected chi connectivity index (χ2v) is 7.95. The molecule has 1 fully saturated rings. The summed E-state index contributed by atoms with van der Waals surface area (Å²) in [5.74, 6) is -0.581. The standard InChI is InChI=1S/C17H20FN3O3S/c1-19-9-2-4-16(19)17(22)20-10-3-11-21(13-12-20)25(23,24)15-7-5-14(18)6-8-15/h2,4-9H,3,10-13H2,1H3. The maximum absolute atomic E-state index is 13.0. The van der Waals surface area contributed by atoms with Crippen LogP contribution >= 0.6 is 0 Å². The minimum Gasteiger partial charge on any atom is -0.347 e. The maximum atomic E-state index is 13.0. The van der Waals surface area contributed by atoms with Gasteiger partial charge in [0.1, 0.15) is 11.5 Å². The SMILES string of the molecule is Cn1cccc1C(=O)N1CCCN(S(=O)(=O)c2ccc(F)cc2)CC1. The van der Waals surface area contributed by atoms with E-state index in [0.717, 1.165) is 12.1 Å². The van der Waals surface area contributed by atoms with E-state index in [9.17, 15) is 17.6 Å². The predicted octanol–water partition coefficient (Wildman–Crippen LogP) is 1.70. The molecule has 1 aliphatic heterocycles. The Kier molecular flexibility index (Phi) is 4.91. The number of aromatic nitrogens is 1. The van der Waals surface area contributed by atoms with Crippen LogP contribution in [0.1, 0.15) is 16.9 Å². The van der Waals surface area contributed by atoms with Crippen molar-refractivity contribution in [3.63, 3.8) is 0 Å². The van der Waals surface area contributed by atoms with Crippen LogP contribution in [0.2, 0.25) is 0 Å². The van der Waals surface area contributed by atoms with E-state index in [2.05, 4.69) is 0 Å². The zero-order valence-electron chi connectivity index (χ0n) is 13.9. The topological polar surface area (TPSA) is 62.6 Å². The summed E-state index contributed by atoms with van der Waals surface area (Å²) < 4.78 is 41.6. The summed E-state index contributed by atoms with van der Waals surface area (Å²) in [5, 5.41) is 0. The highest BCUT2D eigenvalue weighted by molar-refractivity contribution is 7.89. The van der Waals surface area contributed by atoms with Crippen molar-refractivity contribution < 1.29 is 17.6 Å². The minimum atomic E-state index is -3.69. The van der Waals surface area contributed by atoms with E-state index in [1.807, 2.05) is 0 Å². The molecule has 0 aliphatic carbocycles. The number of carbonyl (C=O) groups excluding carboxylic acids is 1. The fourth-order valence-corrected chi connectivity index (χ4v) is 4.41. The van der Waals surface area contributed by atoms with E-state index in [-0.39, 0.29) is 17.3 Å². The molecular weight excluding hydrogens is 345 g/mol. The average molecular weight is 365 g/mol. The first kappa shape index (κ1) is 17.6. The number of hydrogen-bond acceptors (Lipinski definition) is 3. The van der Waals surface area contributed by atoms with Gasteiger partial charge in [-0.05, 0) is 42.8 Å². The van der Waals surface area contributed by atoms with Gasteiger partial charge in [-0.15, -0.1) is 0 Å². The molecule has 1 aliphatic rings. The normalized spacial score (nSPS) is 16.6. The van der Waals surface area contributed by atoms with Gasteiger partial charge in [-0.3, -0.25) is 4.79 Å². The van der Waals surface area contributed by atoms with Crippen molar-refractivity contribution >= 4 is 15.9 Å². The van der Waals surface area contributed by atoms with Crippen LogP contribution in [-0.2, 0) is 17.1 Å². The Labute approximate surface area is 146 Å². The summed E-state index contributed by atoms with van der Waals surface area (Å²) in [6.45, 7) is 1.37. The summed E-state index contributed by atoms with van der Waals surface area (Å²) in [6, 6.07) is 8.35. The minimum absolute atomic E-state index is 0.0658. The van der Waals surface area contributed by atoms with Gasteiger partial charge in [0.05, 0.1) is 4.90 Å². The summed E-state index contributed by atoms with van der Waals surface area (Å²) >= 11 is 0. The Hall–Kier alpha value is -2.19. The Balaban J connectivity index is 1.74. The van der Waals surface area contributed by atoms with Crippen LogP contribution in [0.25, 0.3) is 0 Å². The van der Waals surface area contributed by atoms with Gasteiger partial charge in [0, 0.05) is 39.4 Å². The molecule has 0 N–H and O–H groups in total. The van der Waals surface area contributed by atoms with Crippen LogP contribution in [0.15, 0.2) is 47.5 Å². The van der Waals surface area contributed by atoms with Gasteiger partial charge in [0.15, 0.2) is 0 Å². The number of aryl methyl sites for hydroxylation is 1. The van der Waals surface area contributed by atoms with E-state index in [1.165, 1.54) is 16.4 Å². The van der Waals surface area contributed by atoms with Crippen molar-refractivity contribution in [2.45, 2.75) is 11.3 Å². The number of benzene rings is 1. The Morgan fingerprint density at radius 1 is 1.04 bits per heavy atom. The van der Waals surface area contributed by atoms with E-state index >= 15 is 0 Å². The quantitative estimate of drug-likeness (QED) is 0.832. The van der Waals surface area contributed by atoms with Crippen LogP contribution in [0.3, 0.4) is 0 Å². The highest BCUT2D eigenvalue weighted by atomic mass is 32.2. The highest BCUT2D eigenvalue weighted by Gasteiger charge is 2.29. The third-order valence-electron chi connectivity index (χ3n) is 4.36. The van der Waals surface area contributed by atoms with Gasteiger partial charge < -0.3 is 9.47 Å². The lowest BCUT2D eigenvalue weighted by atomic mass is 10.3. The van der Waals surface area contributed by atoms with Crippen LogP contribution in [-0.4, -0.2) is 54.3 Å². The number of halogens is 1. The molecule has 25 heavy (non-hydrogen) atoms. The van der Waals surface area contributed by atoms with E-state index in [0.29, 0.717) is 31.7 Å². The summed E-state index contributed by atoms with van der Waals surface area (Å²) in [6.07, 6.45) is 2.35. The second kappa shape index (κ2) is 6.97. The molecule has 1 amide bonds. The average Bonchev–Trinajstić information content (AvgIpc) is 2.86. The smallest absolute Gasteiger partial charge is 0.270 e. The Morgan fingerprint density at radius 3 is 2.40 bits per heavy atom. The first-order chi connectivity index (χ1) is 11.9. The van der Waals surface area contributed by atoms with Gasteiger partial charge in [-0.25, -0.2) is 12.8 Å². The van der Waals surface area contributed by atoms with Crippen LogP contribution in [0.5, 0.6) is 0 Å². The molecule has 0 saturated carbocycles. The molecule has 3 rings (SSSR count). The van der Waals surface area contributed by atoms with Crippen molar-refractivity contribution in [3.8, 4) is 0 Å². The summed E-state index contributed by atoms with van der Waals surface area (Å²) in [5.41, 5.74) is 0.579. The summed E-state index contributed by atoms with van der Waals surface area (Å²) in [7, 11) is -1.89. The molecule has 0 radical (unpaired) electrons. The Bertz CT molecular complexity index is 862. The molecular formula is C17H20FN3O3S. The zero-order valence-corrected chi connectivity index (χ0v) is 14.7. The van der Waals surface area contributed by atoms with Gasteiger partial charge in [-0.2, -0.15) is 4.31 Å². The first-order valence-corrected chi connectivity index (χ1v) is 9.50. The molecule has 6 nitrogen and oxygen atoms in total. The number of carbonyl (C=O) groups is 1. The fourth-order valence-electron chi connectivity index (χ4n) is 2.94. The number of rotatable bonds is 3. The van der Waals surface area contributed by atoms with E-state index in [4.69, 9.17) is 0 Å². The van der Waals surface area contributed by atoms with Crippen molar-refractivity contribution in [2.75, 3.05) is 26.2 Å². The molecule has 2 aromatic rings. The van der Waals surface area contributed by atoms with Crippen molar-refractivity contribution in [1.82, 2.24) is 13.8 Å². The maximum Gasteiger partial charge on any atom is 0.270 e. The van der Waals surface area contributed by atoms with Crippen molar-refractivity contribution in [2.24, 2.45) is 7.05 Å². The monoisotopic (exact) mass is 365 g/mol. The number of sulfonamides is 1. The first-order valence-electron chi connectivity index (χ1n) is 8.06. The number of amides is 1. The van der Waals surface area contributed by atoms with Crippen LogP contribution in [0, 0.1) is 5.82 Å². The van der Waals surface area contributed by atoms with Gasteiger partial charge in [0.2, 0.25) is 10.0 Å². The molecule has 1 aromatic carbocycles. The highest BCUT2D eigenvalue weighted by Crippen LogP contribution is 2.19. The lowest BCUT2D eigenvalue weighted by Crippen LogP contribution is -2.37. The van der Waals surface area contributed by atoms with Gasteiger partial charge in [0.25, 0.3) is 5.91 Å². The third-order valence-corrected chi connectivity index (χ3v) is 6.27. The second-order valence-electron chi connectivity index (χ2n) is 6.01. The molecule has 0 atom stereocenters. The molecule has 2 heterocycles. The molecule has 1 aromatic heterocycles. The molecule has 134 valence electrons. The van der Waals surface area contributed by atoms with E-state index in [1.54, 1.807) is 34.8 Å². The molecule has 0 bridgehead atoms.